The zero-order chi connectivity index (χ0) is 15.4. The van der Waals surface area contributed by atoms with Gasteiger partial charge < -0.3 is 15.0 Å². The molecule has 2 aromatic rings. The number of aromatic nitrogens is 2. The Morgan fingerprint density at radius 3 is 3.00 bits per heavy atom. The van der Waals surface area contributed by atoms with Crippen LogP contribution in [-0.4, -0.2) is 28.4 Å². The second-order valence-electron chi connectivity index (χ2n) is 6.14. The second kappa shape index (κ2) is 6.92. The summed E-state index contributed by atoms with van der Waals surface area (Å²) in [4.78, 5) is 16.5. The standard InChI is InChI=1S/C17H24N4O/c1-13-3-2-4-16-20-15(12-21(13)16)11-19-17(22)6-5-14-7-9-18-10-8-14/h2-4,12,14,18H,5-11H2,1H3,(H,19,22). The third-order valence-corrected chi connectivity index (χ3v) is 4.45. The Labute approximate surface area is 131 Å². The molecule has 2 N–H and O–H groups in total. The lowest BCUT2D eigenvalue weighted by atomic mass is 9.93. The maximum absolute atomic E-state index is 12.0. The number of amides is 1. The molecule has 118 valence electrons. The zero-order valence-electron chi connectivity index (χ0n) is 13.1. The van der Waals surface area contributed by atoms with E-state index in [9.17, 15) is 4.79 Å². The van der Waals surface area contributed by atoms with E-state index in [1.807, 2.05) is 18.3 Å². The Kier molecular flexibility index (Phi) is 4.73. The third-order valence-electron chi connectivity index (χ3n) is 4.45. The highest BCUT2D eigenvalue weighted by molar-refractivity contribution is 5.75. The molecule has 0 aliphatic carbocycles. The molecule has 3 heterocycles. The first-order chi connectivity index (χ1) is 10.7. The van der Waals surface area contributed by atoms with Crippen LogP contribution in [0.15, 0.2) is 24.4 Å². The van der Waals surface area contributed by atoms with Gasteiger partial charge in [0.05, 0.1) is 12.2 Å². The molecule has 0 radical (unpaired) electrons. The van der Waals surface area contributed by atoms with Crippen LogP contribution in [0.5, 0.6) is 0 Å². The first-order valence-electron chi connectivity index (χ1n) is 8.13. The lowest BCUT2D eigenvalue weighted by Crippen LogP contribution is -2.29. The number of nitrogens with zero attached hydrogens (tertiary/aromatic N) is 2. The number of rotatable bonds is 5. The van der Waals surface area contributed by atoms with Gasteiger partial charge in [-0.2, -0.15) is 0 Å². The van der Waals surface area contributed by atoms with Gasteiger partial charge in [0.2, 0.25) is 5.91 Å². The highest BCUT2D eigenvalue weighted by atomic mass is 16.1. The molecule has 1 aliphatic heterocycles. The summed E-state index contributed by atoms with van der Waals surface area (Å²) in [6, 6.07) is 6.03. The minimum atomic E-state index is 0.132. The molecule has 0 bridgehead atoms. The van der Waals surface area contributed by atoms with Crippen molar-refractivity contribution in [2.75, 3.05) is 13.1 Å². The molecule has 1 aliphatic rings. The predicted molar refractivity (Wildman–Crippen MR) is 86.6 cm³/mol. The molecule has 2 aromatic heterocycles. The third kappa shape index (κ3) is 3.65. The van der Waals surface area contributed by atoms with Gasteiger partial charge in [0.1, 0.15) is 5.65 Å². The number of pyridine rings is 1. The Morgan fingerprint density at radius 2 is 2.23 bits per heavy atom. The van der Waals surface area contributed by atoms with Gasteiger partial charge in [0, 0.05) is 18.3 Å². The molecule has 3 rings (SSSR count). The molecule has 0 spiro atoms. The van der Waals surface area contributed by atoms with Crippen LogP contribution in [0.4, 0.5) is 0 Å². The molecule has 0 atom stereocenters. The van der Waals surface area contributed by atoms with Crippen molar-refractivity contribution in [2.45, 2.75) is 39.2 Å². The summed E-state index contributed by atoms with van der Waals surface area (Å²) in [5.74, 6) is 0.831. The number of imidazole rings is 1. The normalized spacial score (nSPS) is 16.0. The number of nitrogens with one attached hydrogen (secondary N) is 2. The highest BCUT2D eigenvalue weighted by Crippen LogP contribution is 2.17. The van der Waals surface area contributed by atoms with Crippen LogP contribution in [0.2, 0.25) is 0 Å². The number of fused-ring (bicyclic) bond motifs is 1. The van der Waals surface area contributed by atoms with Crippen molar-refractivity contribution in [1.82, 2.24) is 20.0 Å². The summed E-state index contributed by atoms with van der Waals surface area (Å²) in [5, 5.41) is 6.34. The average Bonchev–Trinajstić information content (AvgIpc) is 2.96. The van der Waals surface area contributed by atoms with E-state index in [-0.39, 0.29) is 5.91 Å². The molecule has 22 heavy (non-hydrogen) atoms. The number of aryl methyl sites for hydroxylation is 1. The van der Waals surface area contributed by atoms with Crippen LogP contribution in [0.1, 0.15) is 37.1 Å². The van der Waals surface area contributed by atoms with E-state index in [2.05, 4.69) is 33.0 Å². The van der Waals surface area contributed by atoms with E-state index in [0.717, 1.165) is 36.5 Å². The van der Waals surface area contributed by atoms with Crippen LogP contribution in [0.25, 0.3) is 5.65 Å². The average molecular weight is 300 g/mol. The lowest BCUT2D eigenvalue weighted by molar-refractivity contribution is -0.121. The quantitative estimate of drug-likeness (QED) is 0.888. The van der Waals surface area contributed by atoms with Crippen LogP contribution >= 0.6 is 0 Å². The van der Waals surface area contributed by atoms with Gasteiger partial charge in [-0.15, -0.1) is 0 Å². The molecule has 0 unspecified atom stereocenters. The molecular weight excluding hydrogens is 276 g/mol. The smallest absolute Gasteiger partial charge is 0.220 e. The number of hydrogen-bond acceptors (Lipinski definition) is 3. The monoisotopic (exact) mass is 300 g/mol. The number of piperidine rings is 1. The Hall–Kier alpha value is -1.88. The van der Waals surface area contributed by atoms with Crippen LogP contribution in [0, 0.1) is 12.8 Å². The maximum atomic E-state index is 12.0. The Bertz CT molecular complexity index is 643. The fourth-order valence-corrected chi connectivity index (χ4v) is 3.07. The minimum absolute atomic E-state index is 0.132. The van der Waals surface area contributed by atoms with Gasteiger partial charge in [0.25, 0.3) is 0 Å². The van der Waals surface area contributed by atoms with Gasteiger partial charge in [0.15, 0.2) is 0 Å². The molecular formula is C17H24N4O. The number of hydrogen-bond donors (Lipinski definition) is 2. The van der Waals surface area contributed by atoms with Crippen molar-refractivity contribution in [3.63, 3.8) is 0 Å². The molecule has 1 saturated heterocycles. The molecule has 1 fully saturated rings. The van der Waals surface area contributed by atoms with Crippen molar-refractivity contribution in [2.24, 2.45) is 5.92 Å². The summed E-state index contributed by atoms with van der Waals surface area (Å²) in [7, 11) is 0. The van der Waals surface area contributed by atoms with E-state index in [1.54, 1.807) is 0 Å². The van der Waals surface area contributed by atoms with Crippen molar-refractivity contribution in [1.29, 1.82) is 0 Å². The summed E-state index contributed by atoms with van der Waals surface area (Å²) in [5.41, 5.74) is 2.98. The van der Waals surface area contributed by atoms with Crippen LogP contribution in [-0.2, 0) is 11.3 Å². The van der Waals surface area contributed by atoms with Gasteiger partial charge in [-0.3, -0.25) is 4.79 Å². The van der Waals surface area contributed by atoms with Gasteiger partial charge in [-0.25, -0.2) is 4.98 Å². The van der Waals surface area contributed by atoms with Gasteiger partial charge in [-0.1, -0.05) is 6.07 Å². The topological polar surface area (TPSA) is 58.4 Å². The van der Waals surface area contributed by atoms with Gasteiger partial charge >= 0.3 is 0 Å². The van der Waals surface area contributed by atoms with Crippen molar-refractivity contribution in [3.05, 3.63) is 35.8 Å². The molecule has 5 nitrogen and oxygen atoms in total. The molecule has 1 amide bonds. The summed E-state index contributed by atoms with van der Waals surface area (Å²) >= 11 is 0. The second-order valence-corrected chi connectivity index (χ2v) is 6.14. The van der Waals surface area contributed by atoms with E-state index in [1.165, 1.54) is 12.8 Å². The number of carbonyl (C=O) groups excluding carboxylic acids is 1. The van der Waals surface area contributed by atoms with Crippen molar-refractivity contribution < 1.29 is 4.79 Å². The fraction of sp³-hybridized carbons (Fsp3) is 0.529. The van der Waals surface area contributed by atoms with E-state index >= 15 is 0 Å². The highest BCUT2D eigenvalue weighted by Gasteiger charge is 2.14. The first-order valence-corrected chi connectivity index (χ1v) is 8.13. The van der Waals surface area contributed by atoms with E-state index in [0.29, 0.717) is 18.9 Å². The number of carbonyl (C=O) groups is 1. The summed E-state index contributed by atoms with van der Waals surface area (Å²) in [6.07, 6.45) is 6.00. The maximum Gasteiger partial charge on any atom is 0.220 e. The van der Waals surface area contributed by atoms with Gasteiger partial charge in [-0.05, 0) is 57.3 Å². The largest absolute Gasteiger partial charge is 0.350 e. The predicted octanol–water partition coefficient (Wildman–Crippen LogP) is 2.04. The van der Waals surface area contributed by atoms with Crippen LogP contribution < -0.4 is 10.6 Å². The van der Waals surface area contributed by atoms with E-state index < -0.39 is 0 Å². The summed E-state index contributed by atoms with van der Waals surface area (Å²) < 4.78 is 2.05. The Balaban J connectivity index is 1.48. The fourth-order valence-electron chi connectivity index (χ4n) is 3.07. The first kappa shape index (κ1) is 15.0. The minimum Gasteiger partial charge on any atom is -0.350 e. The summed E-state index contributed by atoms with van der Waals surface area (Å²) in [6.45, 7) is 4.74. The molecule has 0 aromatic carbocycles. The van der Waals surface area contributed by atoms with Crippen molar-refractivity contribution in [3.8, 4) is 0 Å². The SMILES string of the molecule is Cc1cccc2nc(CNC(=O)CCC3CCNCC3)cn12. The van der Waals surface area contributed by atoms with Crippen LogP contribution in [0.3, 0.4) is 0 Å². The zero-order valence-corrected chi connectivity index (χ0v) is 13.1. The Morgan fingerprint density at radius 1 is 1.41 bits per heavy atom. The van der Waals surface area contributed by atoms with Crippen molar-refractivity contribution >= 4 is 11.6 Å². The molecule has 0 saturated carbocycles. The molecule has 5 heteroatoms. The lowest BCUT2D eigenvalue weighted by Gasteiger charge is -2.22. The van der Waals surface area contributed by atoms with E-state index in [4.69, 9.17) is 0 Å².